The van der Waals surface area contributed by atoms with Gasteiger partial charge in [0.15, 0.2) is 0 Å². The summed E-state index contributed by atoms with van der Waals surface area (Å²) in [6, 6.07) is 0. The molecule has 4 nitrogen and oxygen atoms in total. The predicted octanol–water partition coefficient (Wildman–Crippen LogP) is 0.704. The summed E-state index contributed by atoms with van der Waals surface area (Å²) in [5.74, 6) is 0. The van der Waals surface area contributed by atoms with Crippen molar-refractivity contribution in [2.24, 2.45) is 0 Å². The first kappa shape index (κ1) is 15.8. The molecule has 0 aromatic carbocycles. The van der Waals surface area contributed by atoms with Crippen LogP contribution in [-0.2, 0) is 4.74 Å². The van der Waals surface area contributed by atoms with Gasteiger partial charge in [-0.05, 0) is 26.9 Å². The Hall–Kier alpha value is -0.160. The van der Waals surface area contributed by atoms with Crippen LogP contribution in [0.4, 0.5) is 0 Å². The van der Waals surface area contributed by atoms with Crippen molar-refractivity contribution in [1.82, 2.24) is 10.2 Å². The SMILES string of the molecule is CCN(CC)CC(O)CNC(C)(C)COC. The summed E-state index contributed by atoms with van der Waals surface area (Å²) in [4.78, 5) is 2.22. The fourth-order valence-corrected chi connectivity index (χ4v) is 1.65. The van der Waals surface area contributed by atoms with Gasteiger partial charge in [-0.25, -0.2) is 0 Å². The minimum atomic E-state index is -0.323. The molecule has 0 aromatic heterocycles. The lowest BCUT2D eigenvalue weighted by atomic mass is 10.1. The highest BCUT2D eigenvalue weighted by atomic mass is 16.5. The average molecular weight is 232 g/mol. The van der Waals surface area contributed by atoms with Crippen molar-refractivity contribution in [3.05, 3.63) is 0 Å². The van der Waals surface area contributed by atoms with Crippen LogP contribution < -0.4 is 5.32 Å². The number of rotatable bonds is 9. The Kier molecular flexibility index (Phi) is 7.93. The van der Waals surface area contributed by atoms with Crippen LogP contribution >= 0.6 is 0 Å². The van der Waals surface area contributed by atoms with Crippen LogP contribution in [0.25, 0.3) is 0 Å². The Morgan fingerprint density at radius 3 is 2.31 bits per heavy atom. The number of ether oxygens (including phenoxy) is 1. The molecule has 1 atom stereocenters. The third-order valence-electron chi connectivity index (χ3n) is 2.68. The summed E-state index contributed by atoms with van der Waals surface area (Å²) in [7, 11) is 1.69. The lowest BCUT2D eigenvalue weighted by molar-refractivity contribution is 0.0879. The van der Waals surface area contributed by atoms with Gasteiger partial charge in [0, 0.05) is 25.7 Å². The molecule has 1 unspecified atom stereocenters. The molecular weight excluding hydrogens is 204 g/mol. The van der Waals surface area contributed by atoms with Crippen molar-refractivity contribution >= 4 is 0 Å². The number of hydrogen-bond acceptors (Lipinski definition) is 4. The number of aliphatic hydroxyl groups is 1. The summed E-state index contributed by atoms with van der Waals surface area (Å²) in [6.07, 6.45) is -0.323. The van der Waals surface area contributed by atoms with E-state index in [1.165, 1.54) is 0 Å². The van der Waals surface area contributed by atoms with Crippen molar-refractivity contribution < 1.29 is 9.84 Å². The summed E-state index contributed by atoms with van der Waals surface area (Å²) in [5.41, 5.74) is -0.0843. The second-order valence-electron chi connectivity index (χ2n) is 4.84. The molecule has 0 saturated carbocycles. The second kappa shape index (κ2) is 8.01. The van der Waals surface area contributed by atoms with Gasteiger partial charge in [-0.15, -0.1) is 0 Å². The van der Waals surface area contributed by atoms with E-state index in [1.807, 2.05) is 0 Å². The van der Waals surface area contributed by atoms with Crippen LogP contribution in [-0.4, -0.2) is 61.5 Å². The zero-order chi connectivity index (χ0) is 12.6. The number of β-amino-alcohol motifs (C(OH)–C–C–N with tert-alkyl or cyclic N) is 1. The molecule has 2 N–H and O–H groups in total. The number of nitrogens with zero attached hydrogens (tertiary/aromatic N) is 1. The van der Waals surface area contributed by atoms with Gasteiger partial charge in [-0.2, -0.15) is 0 Å². The fraction of sp³-hybridized carbons (Fsp3) is 1.00. The molecule has 98 valence electrons. The standard InChI is InChI=1S/C12H28N2O2/c1-6-14(7-2)9-11(15)8-13-12(3,4)10-16-5/h11,13,15H,6-10H2,1-5H3. The Balaban J connectivity index is 3.83. The van der Waals surface area contributed by atoms with Crippen LogP contribution in [0.5, 0.6) is 0 Å². The molecule has 0 bridgehead atoms. The number of methoxy groups -OCH3 is 1. The van der Waals surface area contributed by atoms with Gasteiger partial charge in [0.1, 0.15) is 0 Å². The highest BCUT2D eigenvalue weighted by Crippen LogP contribution is 2.02. The number of aliphatic hydroxyl groups excluding tert-OH is 1. The first-order valence-electron chi connectivity index (χ1n) is 6.09. The maximum Gasteiger partial charge on any atom is 0.0791 e. The molecule has 0 fully saturated rings. The van der Waals surface area contributed by atoms with Crippen LogP contribution in [0.1, 0.15) is 27.7 Å². The summed E-state index contributed by atoms with van der Waals surface area (Å²) >= 11 is 0. The van der Waals surface area contributed by atoms with Crippen LogP contribution in [0, 0.1) is 0 Å². The average Bonchev–Trinajstić information content (AvgIpc) is 2.23. The van der Waals surface area contributed by atoms with Crippen molar-refractivity contribution in [2.75, 3.05) is 39.9 Å². The van der Waals surface area contributed by atoms with E-state index < -0.39 is 0 Å². The van der Waals surface area contributed by atoms with Gasteiger partial charge in [-0.3, -0.25) is 0 Å². The first-order chi connectivity index (χ1) is 7.45. The molecule has 0 aliphatic rings. The molecular formula is C12H28N2O2. The smallest absolute Gasteiger partial charge is 0.0791 e. The highest BCUT2D eigenvalue weighted by molar-refractivity contribution is 4.79. The summed E-state index contributed by atoms with van der Waals surface area (Å²) < 4.78 is 5.11. The van der Waals surface area contributed by atoms with Crippen LogP contribution in [0.3, 0.4) is 0 Å². The molecule has 0 aromatic rings. The molecule has 0 heterocycles. The van der Waals surface area contributed by atoms with Crippen molar-refractivity contribution in [1.29, 1.82) is 0 Å². The van der Waals surface area contributed by atoms with Gasteiger partial charge in [-0.1, -0.05) is 13.8 Å². The molecule has 0 saturated heterocycles. The van der Waals surface area contributed by atoms with E-state index in [2.05, 4.69) is 37.9 Å². The molecule has 0 aliphatic carbocycles. The maximum atomic E-state index is 9.87. The molecule has 16 heavy (non-hydrogen) atoms. The third kappa shape index (κ3) is 7.17. The van der Waals surface area contributed by atoms with Gasteiger partial charge in [0.05, 0.1) is 12.7 Å². The second-order valence-corrected chi connectivity index (χ2v) is 4.84. The molecule has 0 radical (unpaired) electrons. The van der Waals surface area contributed by atoms with E-state index in [4.69, 9.17) is 4.74 Å². The Morgan fingerprint density at radius 2 is 1.88 bits per heavy atom. The minimum absolute atomic E-state index is 0.0843. The van der Waals surface area contributed by atoms with Crippen molar-refractivity contribution in [3.63, 3.8) is 0 Å². The van der Waals surface area contributed by atoms with Crippen molar-refractivity contribution in [3.8, 4) is 0 Å². The monoisotopic (exact) mass is 232 g/mol. The molecule has 0 rings (SSSR count). The lowest BCUT2D eigenvalue weighted by Gasteiger charge is -2.28. The summed E-state index contributed by atoms with van der Waals surface area (Å²) in [6.45, 7) is 12.3. The van der Waals surface area contributed by atoms with E-state index in [-0.39, 0.29) is 11.6 Å². The molecule has 0 aliphatic heterocycles. The van der Waals surface area contributed by atoms with Crippen LogP contribution in [0.2, 0.25) is 0 Å². The third-order valence-corrected chi connectivity index (χ3v) is 2.68. The quantitative estimate of drug-likeness (QED) is 0.614. The number of hydrogen-bond donors (Lipinski definition) is 2. The number of likely N-dealkylation sites (N-methyl/N-ethyl adjacent to an activating group) is 1. The van der Waals surface area contributed by atoms with Crippen LogP contribution in [0.15, 0.2) is 0 Å². The van der Waals surface area contributed by atoms with E-state index in [0.717, 1.165) is 19.6 Å². The van der Waals surface area contributed by atoms with E-state index in [0.29, 0.717) is 13.2 Å². The van der Waals surface area contributed by atoms with E-state index >= 15 is 0 Å². The van der Waals surface area contributed by atoms with Crippen molar-refractivity contribution in [2.45, 2.75) is 39.3 Å². The Labute approximate surface area is 100.0 Å². The van der Waals surface area contributed by atoms with E-state index in [1.54, 1.807) is 7.11 Å². The lowest BCUT2D eigenvalue weighted by Crippen LogP contribution is -2.48. The normalized spacial score (nSPS) is 14.4. The molecule has 0 spiro atoms. The van der Waals surface area contributed by atoms with Gasteiger partial charge >= 0.3 is 0 Å². The first-order valence-corrected chi connectivity index (χ1v) is 6.09. The zero-order valence-electron chi connectivity index (χ0n) is 11.4. The maximum absolute atomic E-state index is 9.87. The van der Waals surface area contributed by atoms with Gasteiger partial charge in [0.25, 0.3) is 0 Å². The number of nitrogens with one attached hydrogen (secondary N) is 1. The van der Waals surface area contributed by atoms with E-state index in [9.17, 15) is 5.11 Å². The Bertz CT molecular complexity index is 170. The fourth-order valence-electron chi connectivity index (χ4n) is 1.65. The predicted molar refractivity (Wildman–Crippen MR) is 67.8 cm³/mol. The Morgan fingerprint density at radius 1 is 1.31 bits per heavy atom. The minimum Gasteiger partial charge on any atom is -0.390 e. The summed E-state index contributed by atoms with van der Waals surface area (Å²) in [5, 5.41) is 13.2. The van der Waals surface area contributed by atoms with Gasteiger partial charge in [0.2, 0.25) is 0 Å². The topological polar surface area (TPSA) is 44.7 Å². The molecule has 0 amide bonds. The van der Waals surface area contributed by atoms with Gasteiger partial charge < -0.3 is 20.1 Å². The zero-order valence-corrected chi connectivity index (χ0v) is 11.4. The molecule has 4 heteroatoms. The largest absolute Gasteiger partial charge is 0.390 e. The highest BCUT2D eigenvalue weighted by Gasteiger charge is 2.18.